The zero-order chi connectivity index (χ0) is 14.0. The summed E-state index contributed by atoms with van der Waals surface area (Å²) in [5, 5.41) is 9.16. The second-order valence-electron chi connectivity index (χ2n) is 3.72. The number of nitrogens with zero attached hydrogens (tertiary/aromatic N) is 1. The third-order valence-electron chi connectivity index (χ3n) is 2.23. The lowest BCUT2D eigenvalue weighted by Gasteiger charge is -2.04. The number of aryl methyl sites for hydroxylation is 1. The lowest BCUT2D eigenvalue weighted by molar-refractivity contribution is 0.0696. The highest BCUT2D eigenvalue weighted by Gasteiger charge is 2.11. The molecule has 0 saturated carbocycles. The Morgan fingerprint density at radius 1 is 1.42 bits per heavy atom. The van der Waals surface area contributed by atoms with Gasteiger partial charge in [-0.15, -0.1) is 0 Å². The van der Waals surface area contributed by atoms with Crippen LogP contribution in [0.25, 0.3) is 0 Å². The topological polar surface area (TPSA) is 83.0 Å². The fourth-order valence-corrected chi connectivity index (χ4v) is 2.36. The highest BCUT2D eigenvalue weighted by atomic mass is 32.2. The Bertz CT molecular complexity index is 700. The monoisotopic (exact) mass is 280 g/mol. The van der Waals surface area contributed by atoms with Crippen molar-refractivity contribution < 1.29 is 14.3 Å². The molecule has 0 saturated heterocycles. The van der Waals surface area contributed by atoms with Gasteiger partial charge in [-0.3, -0.25) is 4.79 Å². The van der Waals surface area contributed by atoms with Gasteiger partial charge in [0, 0.05) is 6.07 Å². The van der Waals surface area contributed by atoms with Crippen LogP contribution in [0.3, 0.4) is 0 Å². The number of hydrogen-bond acceptors (Lipinski definition) is 4. The SMILES string of the molecule is Cc1nc(Sc2cc(C(=O)O)ccc2F)cc(=O)[nH]1. The van der Waals surface area contributed by atoms with E-state index in [9.17, 15) is 14.0 Å². The van der Waals surface area contributed by atoms with Crippen LogP contribution in [0.2, 0.25) is 0 Å². The molecule has 0 bridgehead atoms. The Kier molecular flexibility index (Phi) is 3.66. The Balaban J connectivity index is 2.39. The predicted octanol–water partition coefficient (Wildman–Crippen LogP) is 2.07. The van der Waals surface area contributed by atoms with Crippen molar-refractivity contribution in [1.82, 2.24) is 9.97 Å². The normalized spacial score (nSPS) is 10.4. The first kappa shape index (κ1) is 13.3. The van der Waals surface area contributed by atoms with Gasteiger partial charge >= 0.3 is 5.97 Å². The molecule has 19 heavy (non-hydrogen) atoms. The molecule has 2 N–H and O–H groups in total. The van der Waals surface area contributed by atoms with Gasteiger partial charge in [-0.2, -0.15) is 0 Å². The van der Waals surface area contributed by atoms with Gasteiger partial charge in [0.2, 0.25) is 0 Å². The summed E-state index contributed by atoms with van der Waals surface area (Å²) < 4.78 is 13.6. The highest BCUT2D eigenvalue weighted by Crippen LogP contribution is 2.28. The third-order valence-corrected chi connectivity index (χ3v) is 3.18. The van der Waals surface area contributed by atoms with Gasteiger partial charge in [0.25, 0.3) is 5.56 Å². The summed E-state index contributed by atoms with van der Waals surface area (Å²) in [5.41, 5.74) is -0.366. The standard InChI is InChI=1S/C12H9FN2O3S/c1-6-14-10(16)5-11(15-6)19-9-4-7(12(17)18)2-3-8(9)13/h2-5H,1H3,(H,17,18)(H,14,15,16). The van der Waals surface area contributed by atoms with Crippen LogP contribution in [0.1, 0.15) is 16.2 Å². The fraction of sp³-hybridized carbons (Fsp3) is 0.0833. The summed E-state index contributed by atoms with van der Waals surface area (Å²) in [5.74, 6) is -1.29. The van der Waals surface area contributed by atoms with Crippen molar-refractivity contribution in [2.24, 2.45) is 0 Å². The van der Waals surface area contributed by atoms with E-state index >= 15 is 0 Å². The Morgan fingerprint density at radius 3 is 2.79 bits per heavy atom. The van der Waals surface area contributed by atoms with Crippen LogP contribution in [0.5, 0.6) is 0 Å². The average Bonchev–Trinajstić information content (AvgIpc) is 2.30. The van der Waals surface area contributed by atoms with Crippen LogP contribution < -0.4 is 5.56 Å². The van der Waals surface area contributed by atoms with E-state index in [0.29, 0.717) is 10.9 Å². The molecule has 2 aromatic rings. The smallest absolute Gasteiger partial charge is 0.335 e. The van der Waals surface area contributed by atoms with Gasteiger partial charge in [0.15, 0.2) is 0 Å². The minimum absolute atomic E-state index is 0.0227. The Hall–Kier alpha value is -2.15. The number of carboxylic acids is 1. The third kappa shape index (κ3) is 3.19. The number of carboxylic acid groups (broad SMARTS) is 1. The zero-order valence-electron chi connectivity index (χ0n) is 9.81. The number of aromatic nitrogens is 2. The van der Waals surface area contributed by atoms with Crippen LogP contribution in [-0.4, -0.2) is 21.0 Å². The number of rotatable bonds is 3. The van der Waals surface area contributed by atoms with E-state index in [1.54, 1.807) is 6.92 Å². The number of benzene rings is 1. The number of hydrogen-bond donors (Lipinski definition) is 2. The molecule has 0 fully saturated rings. The molecule has 0 aliphatic carbocycles. The molecule has 0 atom stereocenters. The number of halogens is 1. The van der Waals surface area contributed by atoms with Gasteiger partial charge in [-0.1, -0.05) is 11.8 Å². The maximum Gasteiger partial charge on any atom is 0.335 e. The highest BCUT2D eigenvalue weighted by molar-refractivity contribution is 7.99. The second-order valence-corrected chi connectivity index (χ2v) is 4.78. The number of aromatic amines is 1. The molecule has 98 valence electrons. The van der Waals surface area contributed by atoms with Crippen LogP contribution in [0.4, 0.5) is 4.39 Å². The van der Waals surface area contributed by atoms with E-state index in [4.69, 9.17) is 5.11 Å². The van der Waals surface area contributed by atoms with Crippen molar-refractivity contribution in [1.29, 1.82) is 0 Å². The summed E-state index contributed by atoms with van der Waals surface area (Å²) in [7, 11) is 0. The summed E-state index contributed by atoms with van der Waals surface area (Å²) in [6, 6.07) is 4.69. The molecule has 2 rings (SSSR count). The van der Waals surface area contributed by atoms with E-state index in [1.807, 2.05) is 0 Å². The molecule has 0 amide bonds. The largest absolute Gasteiger partial charge is 0.478 e. The number of carbonyl (C=O) groups is 1. The lowest BCUT2D eigenvalue weighted by atomic mass is 10.2. The first-order valence-electron chi connectivity index (χ1n) is 5.24. The summed E-state index contributed by atoms with van der Waals surface area (Å²) >= 11 is 0.905. The van der Waals surface area contributed by atoms with Crippen molar-refractivity contribution in [2.45, 2.75) is 16.8 Å². The molecule has 1 heterocycles. The molecular weight excluding hydrogens is 271 g/mol. The number of aromatic carboxylic acids is 1. The molecular formula is C12H9FN2O3S. The lowest BCUT2D eigenvalue weighted by Crippen LogP contribution is -2.08. The molecule has 5 nitrogen and oxygen atoms in total. The first-order valence-corrected chi connectivity index (χ1v) is 6.06. The summed E-state index contributed by atoms with van der Waals surface area (Å²) in [6.07, 6.45) is 0. The zero-order valence-corrected chi connectivity index (χ0v) is 10.6. The maximum absolute atomic E-state index is 13.6. The van der Waals surface area contributed by atoms with E-state index in [0.717, 1.165) is 17.8 Å². The van der Waals surface area contributed by atoms with Crippen molar-refractivity contribution >= 4 is 17.7 Å². The fourth-order valence-electron chi connectivity index (χ4n) is 1.43. The molecule has 0 radical (unpaired) electrons. The number of nitrogens with one attached hydrogen (secondary N) is 1. The Morgan fingerprint density at radius 2 is 2.16 bits per heavy atom. The van der Waals surface area contributed by atoms with E-state index in [1.165, 1.54) is 18.2 Å². The average molecular weight is 280 g/mol. The van der Waals surface area contributed by atoms with Gasteiger partial charge in [-0.05, 0) is 25.1 Å². The van der Waals surface area contributed by atoms with Gasteiger partial charge in [-0.25, -0.2) is 14.2 Å². The first-order chi connectivity index (χ1) is 8.95. The van der Waals surface area contributed by atoms with E-state index in [2.05, 4.69) is 9.97 Å². The van der Waals surface area contributed by atoms with Gasteiger partial charge in [0.1, 0.15) is 16.7 Å². The molecule has 7 heteroatoms. The van der Waals surface area contributed by atoms with Crippen LogP contribution >= 0.6 is 11.8 Å². The van der Waals surface area contributed by atoms with E-state index in [-0.39, 0.29) is 16.0 Å². The maximum atomic E-state index is 13.6. The molecule has 0 spiro atoms. The second kappa shape index (κ2) is 5.23. The minimum atomic E-state index is -1.14. The van der Waals surface area contributed by atoms with Crippen molar-refractivity contribution in [3.05, 3.63) is 51.8 Å². The quantitative estimate of drug-likeness (QED) is 0.841. The molecule has 1 aromatic heterocycles. The molecule has 0 aliphatic rings. The van der Waals surface area contributed by atoms with Gasteiger partial charge < -0.3 is 10.1 Å². The summed E-state index contributed by atoms with van der Waals surface area (Å²) in [4.78, 5) is 28.7. The summed E-state index contributed by atoms with van der Waals surface area (Å²) in [6.45, 7) is 1.61. The van der Waals surface area contributed by atoms with Crippen molar-refractivity contribution in [3.8, 4) is 0 Å². The molecule has 0 aliphatic heterocycles. The predicted molar refractivity (Wildman–Crippen MR) is 67.1 cm³/mol. The van der Waals surface area contributed by atoms with Crippen LogP contribution in [0.15, 0.2) is 39.0 Å². The van der Waals surface area contributed by atoms with Crippen molar-refractivity contribution in [2.75, 3.05) is 0 Å². The minimum Gasteiger partial charge on any atom is -0.478 e. The van der Waals surface area contributed by atoms with E-state index < -0.39 is 11.8 Å². The van der Waals surface area contributed by atoms with Gasteiger partial charge in [0.05, 0.1) is 10.5 Å². The van der Waals surface area contributed by atoms with Crippen LogP contribution in [-0.2, 0) is 0 Å². The Labute approximate surface area is 111 Å². The van der Waals surface area contributed by atoms with Crippen molar-refractivity contribution in [3.63, 3.8) is 0 Å². The number of H-pyrrole nitrogens is 1. The molecule has 1 aromatic carbocycles. The van der Waals surface area contributed by atoms with Crippen LogP contribution in [0, 0.1) is 12.7 Å². The molecule has 0 unspecified atom stereocenters.